The first-order valence-electron chi connectivity index (χ1n) is 5.16. The predicted octanol–water partition coefficient (Wildman–Crippen LogP) is 3.31. The molecule has 0 aliphatic carbocycles. The van der Waals surface area contributed by atoms with Crippen LogP contribution in [0.5, 0.6) is 5.88 Å². The van der Waals surface area contributed by atoms with Crippen LogP contribution in [0.1, 0.15) is 22.8 Å². The van der Waals surface area contributed by atoms with Crippen molar-refractivity contribution in [3.8, 4) is 5.88 Å². The topological polar surface area (TPSA) is 48.4 Å². The first-order valence-corrected chi connectivity index (χ1v) is 5.16. The van der Waals surface area contributed by atoms with Gasteiger partial charge in [0.1, 0.15) is 5.56 Å². The minimum Gasteiger partial charge on any atom is -0.462 e. The van der Waals surface area contributed by atoms with Gasteiger partial charge in [0.25, 0.3) is 0 Å². The fourth-order valence-electron chi connectivity index (χ4n) is 1.30. The number of pyridine rings is 1. The molecule has 0 radical (unpaired) electrons. The maximum atomic E-state index is 13.3. The molecular weight excluding hydrogens is 315 g/mol. The molecule has 0 aromatic carbocycles. The van der Waals surface area contributed by atoms with Gasteiger partial charge < -0.3 is 9.47 Å². The lowest BCUT2D eigenvalue weighted by Crippen LogP contribution is -2.22. The third kappa shape index (κ3) is 4.46. The zero-order valence-electron chi connectivity index (χ0n) is 10.1. The minimum atomic E-state index is -5.35. The molecule has 0 N–H and O–H groups in total. The summed E-state index contributed by atoms with van der Waals surface area (Å²) in [5, 5.41) is 0. The van der Waals surface area contributed by atoms with Crippen LogP contribution in [0.4, 0.5) is 30.7 Å². The summed E-state index contributed by atoms with van der Waals surface area (Å²) >= 11 is 0. The molecule has 0 aliphatic heterocycles. The van der Waals surface area contributed by atoms with E-state index in [9.17, 15) is 35.5 Å². The van der Waals surface area contributed by atoms with Crippen LogP contribution < -0.4 is 4.74 Å². The van der Waals surface area contributed by atoms with Gasteiger partial charge in [0.05, 0.1) is 12.2 Å². The number of nitrogens with zero attached hydrogens (tertiary/aromatic N) is 1. The second-order valence-corrected chi connectivity index (χ2v) is 3.44. The Morgan fingerprint density at radius 3 is 2.24 bits per heavy atom. The van der Waals surface area contributed by atoms with E-state index < -0.39 is 41.5 Å². The molecule has 1 aromatic rings. The van der Waals surface area contributed by atoms with Crippen LogP contribution in [0, 0.1) is 5.95 Å². The molecule has 11 heteroatoms. The van der Waals surface area contributed by atoms with Crippen molar-refractivity contribution < 1.29 is 45.0 Å². The third-order valence-electron chi connectivity index (χ3n) is 1.95. The molecule has 0 unspecified atom stereocenters. The summed E-state index contributed by atoms with van der Waals surface area (Å²) in [5.41, 5.74) is -3.59. The molecule has 1 rings (SSSR count). The summed E-state index contributed by atoms with van der Waals surface area (Å²) in [5.74, 6) is -5.53. The van der Waals surface area contributed by atoms with E-state index in [-0.39, 0.29) is 12.7 Å². The SMILES string of the molecule is CCOC(=O)c1cc(OC(F)(F)F)nc(F)c1C(F)(F)F. The molecular formula is C10H6F7NO3. The van der Waals surface area contributed by atoms with Gasteiger partial charge in [0.2, 0.25) is 11.8 Å². The molecule has 0 saturated carbocycles. The van der Waals surface area contributed by atoms with Crippen molar-refractivity contribution >= 4 is 5.97 Å². The smallest absolute Gasteiger partial charge is 0.462 e. The zero-order chi connectivity index (χ0) is 16.4. The predicted molar refractivity (Wildman–Crippen MR) is 51.8 cm³/mol. The number of halogens is 7. The van der Waals surface area contributed by atoms with Crippen LogP contribution in [0.15, 0.2) is 6.07 Å². The highest BCUT2D eigenvalue weighted by Gasteiger charge is 2.42. The van der Waals surface area contributed by atoms with Crippen LogP contribution in [0.2, 0.25) is 0 Å². The van der Waals surface area contributed by atoms with E-state index in [4.69, 9.17) is 0 Å². The largest absolute Gasteiger partial charge is 0.574 e. The number of hydrogen-bond donors (Lipinski definition) is 0. The van der Waals surface area contributed by atoms with Crippen LogP contribution in [-0.4, -0.2) is 23.9 Å². The maximum Gasteiger partial charge on any atom is 0.574 e. The van der Waals surface area contributed by atoms with E-state index in [0.717, 1.165) is 0 Å². The maximum absolute atomic E-state index is 13.3. The van der Waals surface area contributed by atoms with E-state index in [1.807, 2.05) is 0 Å². The molecule has 4 nitrogen and oxygen atoms in total. The normalized spacial score (nSPS) is 12.2. The Morgan fingerprint density at radius 1 is 1.24 bits per heavy atom. The molecule has 1 heterocycles. The summed E-state index contributed by atoms with van der Waals surface area (Å²) in [4.78, 5) is 13.7. The van der Waals surface area contributed by atoms with Crippen LogP contribution in [0.25, 0.3) is 0 Å². The number of alkyl halides is 6. The number of ether oxygens (including phenoxy) is 2. The van der Waals surface area contributed by atoms with Crippen molar-refractivity contribution in [2.24, 2.45) is 0 Å². The Morgan fingerprint density at radius 2 is 1.81 bits per heavy atom. The van der Waals surface area contributed by atoms with Gasteiger partial charge in [-0.25, -0.2) is 4.79 Å². The van der Waals surface area contributed by atoms with Gasteiger partial charge in [-0.05, 0) is 6.92 Å². The monoisotopic (exact) mass is 321 g/mol. The molecule has 0 fully saturated rings. The molecule has 21 heavy (non-hydrogen) atoms. The number of hydrogen-bond acceptors (Lipinski definition) is 4. The van der Waals surface area contributed by atoms with Crippen molar-refractivity contribution in [2.75, 3.05) is 6.61 Å². The number of esters is 1. The minimum absolute atomic E-state index is 0.0113. The van der Waals surface area contributed by atoms with E-state index in [1.165, 1.54) is 6.92 Å². The summed E-state index contributed by atoms with van der Waals surface area (Å²) in [7, 11) is 0. The van der Waals surface area contributed by atoms with Gasteiger partial charge in [-0.1, -0.05) is 0 Å². The van der Waals surface area contributed by atoms with E-state index in [1.54, 1.807) is 0 Å². The number of carbonyl (C=O) groups is 1. The number of rotatable bonds is 3. The number of carbonyl (C=O) groups excluding carboxylic acids is 1. The highest BCUT2D eigenvalue weighted by atomic mass is 19.4. The molecule has 0 bridgehead atoms. The average Bonchev–Trinajstić information content (AvgIpc) is 2.23. The standard InChI is InChI=1S/C10H6F7NO3/c1-2-20-8(19)4-3-5(21-10(15,16)17)18-7(11)6(4)9(12,13)14/h3H,2H2,1H3. The quantitative estimate of drug-likeness (QED) is 0.487. The second-order valence-electron chi connectivity index (χ2n) is 3.44. The van der Waals surface area contributed by atoms with E-state index in [2.05, 4.69) is 14.5 Å². The van der Waals surface area contributed by atoms with Gasteiger partial charge in [-0.15, -0.1) is 13.2 Å². The highest BCUT2D eigenvalue weighted by molar-refractivity contribution is 5.91. The van der Waals surface area contributed by atoms with E-state index in [0.29, 0.717) is 0 Å². The molecule has 0 saturated heterocycles. The van der Waals surface area contributed by atoms with Crippen molar-refractivity contribution in [3.05, 3.63) is 23.1 Å². The van der Waals surface area contributed by atoms with Crippen LogP contribution in [-0.2, 0) is 10.9 Å². The Kier molecular flexibility index (Phi) is 4.64. The van der Waals surface area contributed by atoms with Gasteiger partial charge in [0, 0.05) is 6.07 Å². The van der Waals surface area contributed by atoms with Crippen LogP contribution >= 0.6 is 0 Å². The lowest BCUT2D eigenvalue weighted by molar-refractivity contribution is -0.276. The number of aromatic nitrogens is 1. The first kappa shape index (κ1) is 17.0. The molecule has 0 atom stereocenters. The van der Waals surface area contributed by atoms with Crippen molar-refractivity contribution in [1.82, 2.24) is 4.98 Å². The van der Waals surface area contributed by atoms with Gasteiger partial charge >= 0.3 is 18.5 Å². The fraction of sp³-hybridized carbons (Fsp3) is 0.400. The van der Waals surface area contributed by atoms with Gasteiger partial charge in [-0.2, -0.15) is 22.5 Å². The Hall–Kier alpha value is -2.07. The highest BCUT2D eigenvalue weighted by Crippen LogP contribution is 2.36. The van der Waals surface area contributed by atoms with Crippen molar-refractivity contribution in [1.29, 1.82) is 0 Å². The van der Waals surface area contributed by atoms with E-state index >= 15 is 0 Å². The zero-order valence-corrected chi connectivity index (χ0v) is 10.1. The molecule has 118 valence electrons. The fourth-order valence-corrected chi connectivity index (χ4v) is 1.30. The van der Waals surface area contributed by atoms with Crippen molar-refractivity contribution in [2.45, 2.75) is 19.5 Å². The third-order valence-corrected chi connectivity index (χ3v) is 1.95. The lowest BCUT2D eigenvalue weighted by Gasteiger charge is -2.14. The summed E-state index contributed by atoms with van der Waals surface area (Å²) in [6.07, 6.45) is -10.7. The molecule has 0 aliphatic rings. The average molecular weight is 321 g/mol. The van der Waals surface area contributed by atoms with Crippen LogP contribution in [0.3, 0.4) is 0 Å². The molecule has 0 spiro atoms. The summed E-state index contributed by atoms with van der Waals surface area (Å²) in [6, 6.07) is 0.0113. The van der Waals surface area contributed by atoms with Gasteiger partial charge in [0.15, 0.2) is 0 Å². The van der Waals surface area contributed by atoms with Gasteiger partial charge in [-0.3, -0.25) is 0 Å². The Labute approximate surface area is 112 Å². The van der Waals surface area contributed by atoms with Crippen molar-refractivity contribution in [3.63, 3.8) is 0 Å². The summed E-state index contributed by atoms with van der Waals surface area (Å²) < 4.78 is 94.5. The Bertz CT molecular complexity index is 539. The lowest BCUT2D eigenvalue weighted by atomic mass is 10.1. The summed E-state index contributed by atoms with van der Waals surface area (Å²) in [6.45, 7) is 0.880. The Balaban J connectivity index is 3.43. The molecule has 1 aromatic heterocycles. The molecule has 0 amide bonds. The first-order chi connectivity index (χ1) is 9.45. The second kappa shape index (κ2) is 5.74.